The Morgan fingerprint density at radius 3 is 2.88 bits per heavy atom. The molecule has 1 aliphatic rings. The largest absolute Gasteiger partial charge is 0.308 e. The number of rotatable bonds is 3. The first-order valence-electron chi connectivity index (χ1n) is 11.0. The summed E-state index contributed by atoms with van der Waals surface area (Å²) in [5.74, 6) is 0.451. The highest BCUT2D eigenvalue weighted by atomic mass is 32.2. The highest BCUT2D eigenvalue weighted by molar-refractivity contribution is 8.00. The SMILES string of the molecule is Cc1cc(C)c2nc3sc4c(SCC(=O)N5c6ccccc6C[C@H]5C)ncnc4c3cc2c1. The number of hydrogen-bond donors (Lipinski definition) is 0. The highest BCUT2D eigenvalue weighted by Crippen LogP contribution is 2.39. The van der Waals surface area contributed by atoms with Crippen molar-refractivity contribution in [2.75, 3.05) is 10.7 Å². The Balaban J connectivity index is 1.35. The van der Waals surface area contributed by atoms with Crippen molar-refractivity contribution >= 4 is 66.0 Å². The molecule has 0 saturated carbocycles. The lowest BCUT2D eigenvalue weighted by molar-refractivity contribution is -0.116. The lowest BCUT2D eigenvalue weighted by atomic mass is 10.1. The third kappa shape index (κ3) is 3.38. The van der Waals surface area contributed by atoms with Crippen LogP contribution in [0.5, 0.6) is 0 Å². The first kappa shape index (κ1) is 20.6. The van der Waals surface area contributed by atoms with E-state index in [1.807, 2.05) is 23.1 Å². The van der Waals surface area contributed by atoms with Gasteiger partial charge in [-0.25, -0.2) is 15.0 Å². The van der Waals surface area contributed by atoms with Crippen molar-refractivity contribution in [3.63, 3.8) is 0 Å². The van der Waals surface area contributed by atoms with Crippen LogP contribution in [0.2, 0.25) is 0 Å². The van der Waals surface area contributed by atoms with Gasteiger partial charge in [-0.15, -0.1) is 11.3 Å². The summed E-state index contributed by atoms with van der Waals surface area (Å²) in [6.45, 7) is 6.32. The van der Waals surface area contributed by atoms with Gasteiger partial charge in [-0.3, -0.25) is 4.79 Å². The number of carbonyl (C=O) groups excluding carboxylic acids is 1. The maximum absolute atomic E-state index is 13.2. The van der Waals surface area contributed by atoms with Gasteiger partial charge < -0.3 is 4.90 Å². The number of thioether (sulfide) groups is 1. The molecule has 7 heteroatoms. The molecule has 6 rings (SSSR count). The second-order valence-corrected chi connectivity index (χ2v) is 10.7. The second kappa shape index (κ2) is 7.78. The van der Waals surface area contributed by atoms with E-state index in [4.69, 9.17) is 4.98 Å². The fourth-order valence-corrected chi connectivity index (χ4v) is 6.91. The number of fused-ring (bicyclic) bond motifs is 5. The van der Waals surface area contributed by atoms with Crippen molar-refractivity contribution in [3.8, 4) is 0 Å². The minimum absolute atomic E-state index is 0.111. The summed E-state index contributed by atoms with van der Waals surface area (Å²) in [4.78, 5) is 30.1. The molecule has 0 N–H and O–H groups in total. The number of aromatic nitrogens is 3. The quantitative estimate of drug-likeness (QED) is 0.236. The summed E-state index contributed by atoms with van der Waals surface area (Å²) in [6.07, 6.45) is 2.50. The summed E-state index contributed by atoms with van der Waals surface area (Å²) in [5.41, 5.74) is 6.61. The molecule has 5 aromatic rings. The standard InChI is InChI=1S/C26H22N4OS2/c1-14-8-15(2)22-18(9-14)11-19-23-24(33-25(19)29-22)26(28-13-27-23)32-12-21(31)30-16(3)10-17-6-4-5-7-20(17)30/h4-9,11,13,16H,10,12H2,1-3H3/t16-/m1/s1. The summed E-state index contributed by atoms with van der Waals surface area (Å²) in [7, 11) is 0. The van der Waals surface area contributed by atoms with Gasteiger partial charge in [-0.1, -0.05) is 41.6 Å². The van der Waals surface area contributed by atoms with Crippen molar-refractivity contribution in [1.82, 2.24) is 15.0 Å². The number of thiophene rings is 1. The number of nitrogens with zero attached hydrogens (tertiary/aromatic N) is 4. The Hall–Kier alpha value is -3.03. The van der Waals surface area contributed by atoms with E-state index in [2.05, 4.69) is 55.0 Å². The van der Waals surface area contributed by atoms with E-state index in [0.717, 1.165) is 48.5 Å². The number of anilines is 1. The van der Waals surface area contributed by atoms with E-state index in [1.165, 1.54) is 28.5 Å². The summed E-state index contributed by atoms with van der Waals surface area (Å²) in [5, 5.41) is 3.02. The van der Waals surface area contributed by atoms with Gasteiger partial charge in [0.15, 0.2) is 0 Å². The number of para-hydroxylation sites is 1. The smallest absolute Gasteiger partial charge is 0.237 e. The first-order valence-corrected chi connectivity index (χ1v) is 12.8. The van der Waals surface area contributed by atoms with Gasteiger partial charge in [0.1, 0.15) is 16.2 Å². The predicted molar refractivity (Wildman–Crippen MR) is 138 cm³/mol. The van der Waals surface area contributed by atoms with E-state index < -0.39 is 0 Å². The predicted octanol–water partition coefficient (Wildman–Crippen LogP) is 6.08. The Morgan fingerprint density at radius 2 is 2.00 bits per heavy atom. The molecule has 0 saturated heterocycles. The number of benzene rings is 2. The molecule has 3 aromatic heterocycles. The Morgan fingerprint density at radius 1 is 1.15 bits per heavy atom. The van der Waals surface area contributed by atoms with Crippen molar-refractivity contribution in [3.05, 3.63) is 65.5 Å². The molecule has 0 spiro atoms. The van der Waals surface area contributed by atoms with Crippen LogP contribution in [0.1, 0.15) is 23.6 Å². The molecule has 4 heterocycles. The van der Waals surface area contributed by atoms with Crippen molar-refractivity contribution < 1.29 is 4.79 Å². The third-order valence-corrected chi connectivity index (χ3v) is 8.45. The molecule has 0 radical (unpaired) electrons. The van der Waals surface area contributed by atoms with Crippen LogP contribution in [-0.2, 0) is 11.2 Å². The van der Waals surface area contributed by atoms with E-state index in [9.17, 15) is 4.79 Å². The maximum Gasteiger partial charge on any atom is 0.237 e. The molecule has 0 bridgehead atoms. The zero-order valence-corrected chi connectivity index (χ0v) is 20.3. The summed E-state index contributed by atoms with van der Waals surface area (Å²) < 4.78 is 0.998. The third-order valence-electron chi connectivity index (χ3n) is 6.25. The summed E-state index contributed by atoms with van der Waals surface area (Å²) >= 11 is 3.09. The number of carbonyl (C=O) groups is 1. The van der Waals surface area contributed by atoms with Gasteiger partial charge in [0.2, 0.25) is 5.91 Å². The fraction of sp³-hybridized carbons (Fsp3) is 0.231. The first-order chi connectivity index (χ1) is 16.0. The number of amides is 1. The lowest BCUT2D eigenvalue weighted by Crippen LogP contribution is -2.36. The molecule has 0 unspecified atom stereocenters. The molecule has 2 aromatic carbocycles. The Bertz CT molecular complexity index is 1580. The van der Waals surface area contributed by atoms with Crippen LogP contribution >= 0.6 is 23.1 Å². The molecule has 1 aliphatic heterocycles. The molecule has 33 heavy (non-hydrogen) atoms. The minimum atomic E-state index is 0.111. The maximum atomic E-state index is 13.2. The number of aryl methyl sites for hydroxylation is 2. The molecular formula is C26H22N4OS2. The van der Waals surface area contributed by atoms with Crippen molar-refractivity contribution in [1.29, 1.82) is 0 Å². The molecule has 1 amide bonds. The van der Waals surface area contributed by atoms with Crippen LogP contribution in [0.4, 0.5) is 5.69 Å². The summed E-state index contributed by atoms with van der Waals surface area (Å²) in [6, 6.07) is 14.9. The number of hydrogen-bond acceptors (Lipinski definition) is 6. The van der Waals surface area contributed by atoms with Gasteiger partial charge >= 0.3 is 0 Å². The Kier molecular flexibility index (Phi) is 4.85. The fourth-order valence-electron chi connectivity index (χ4n) is 4.87. The molecule has 0 fully saturated rings. The van der Waals surface area contributed by atoms with Crippen molar-refractivity contribution in [2.24, 2.45) is 0 Å². The lowest BCUT2D eigenvalue weighted by Gasteiger charge is -2.22. The van der Waals surface area contributed by atoms with Crippen LogP contribution in [0.3, 0.4) is 0 Å². The van der Waals surface area contributed by atoms with Gasteiger partial charge in [0.05, 0.1) is 21.5 Å². The Labute approximate surface area is 199 Å². The van der Waals surface area contributed by atoms with Crippen LogP contribution in [-0.4, -0.2) is 32.7 Å². The van der Waals surface area contributed by atoms with E-state index in [0.29, 0.717) is 5.75 Å². The molecule has 0 aliphatic carbocycles. The average Bonchev–Trinajstić information content (AvgIpc) is 3.33. The van der Waals surface area contributed by atoms with E-state index in [-0.39, 0.29) is 11.9 Å². The van der Waals surface area contributed by atoms with Gasteiger partial charge in [0, 0.05) is 22.5 Å². The highest BCUT2D eigenvalue weighted by Gasteiger charge is 2.30. The molecule has 1 atom stereocenters. The topological polar surface area (TPSA) is 59.0 Å². The zero-order chi connectivity index (χ0) is 22.7. The molecule has 5 nitrogen and oxygen atoms in total. The monoisotopic (exact) mass is 470 g/mol. The van der Waals surface area contributed by atoms with Crippen molar-refractivity contribution in [2.45, 2.75) is 38.3 Å². The van der Waals surface area contributed by atoms with Gasteiger partial charge in [-0.2, -0.15) is 0 Å². The normalized spacial score (nSPS) is 15.6. The van der Waals surface area contributed by atoms with Crippen LogP contribution in [0, 0.1) is 13.8 Å². The molecular weight excluding hydrogens is 448 g/mol. The second-order valence-electron chi connectivity index (χ2n) is 8.69. The van der Waals surface area contributed by atoms with Crippen LogP contribution in [0.15, 0.2) is 53.8 Å². The van der Waals surface area contributed by atoms with Gasteiger partial charge in [0.25, 0.3) is 0 Å². The van der Waals surface area contributed by atoms with E-state index >= 15 is 0 Å². The van der Waals surface area contributed by atoms with E-state index in [1.54, 1.807) is 17.7 Å². The average molecular weight is 471 g/mol. The molecule has 164 valence electrons. The number of pyridine rings is 1. The van der Waals surface area contributed by atoms with Crippen LogP contribution < -0.4 is 4.90 Å². The minimum Gasteiger partial charge on any atom is -0.308 e. The van der Waals surface area contributed by atoms with Gasteiger partial charge in [-0.05, 0) is 56.5 Å². The van der Waals surface area contributed by atoms with Crippen LogP contribution in [0.25, 0.3) is 31.3 Å². The zero-order valence-electron chi connectivity index (χ0n) is 18.6.